The van der Waals surface area contributed by atoms with Gasteiger partial charge in [0.1, 0.15) is 0 Å². The van der Waals surface area contributed by atoms with E-state index >= 15 is 0 Å². The lowest BCUT2D eigenvalue weighted by Gasteiger charge is -2.29. The Bertz CT molecular complexity index is 437. The van der Waals surface area contributed by atoms with Gasteiger partial charge < -0.3 is 10.1 Å². The van der Waals surface area contributed by atoms with E-state index in [1.54, 1.807) is 0 Å². The number of sulfonamides is 1. The highest BCUT2D eigenvalue weighted by atomic mass is 35.5. The Balaban J connectivity index is 0.00000220. The van der Waals surface area contributed by atoms with Gasteiger partial charge in [0.05, 0.1) is 18.3 Å². The minimum atomic E-state index is -3.45. The Hall–Kier alpha value is -0.370. The lowest BCUT2D eigenvalue weighted by atomic mass is 9.89. The normalized spacial score (nSPS) is 29.7. The second-order valence-corrected chi connectivity index (χ2v) is 7.69. The third-order valence-electron chi connectivity index (χ3n) is 4.34. The first-order valence-electron chi connectivity index (χ1n) is 7.31. The van der Waals surface area contributed by atoms with Crippen molar-refractivity contribution in [2.24, 2.45) is 11.8 Å². The lowest BCUT2D eigenvalue weighted by molar-refractivity contribution is -0.146. The van der Waals surface area contributed by atoms with Crippen molar-refractivity contribution in [3.05, 3.63) is 0 Å². The molecule has 21 heavy (non-hydrogen) atoms. The molecule has 6 nitrogen and oxygen atoms in total. The van der Waals surface area contributed by atoms with E-state index in [1.165, 1.54) is 7.11 Å². The summed E-state index contributed by atoms with van der Waals surface area (Å²) in [5.41, 5.74) is 0. The molecule has 0 bridgehead atoms. The molecule has 0 radical (unpaired) electrons. The zero-order chi connectivity index (χ0) is 14.6. The van der Waals surface area contributed by atoms with E-state index < -0.39 is 27.2 Å². The van der Waals surface area contributed by atoms with Crippen LogP contribution < -0.4 is 10.0 Å². The topological polar surface area (TPSA) is 84.5 Å². The van der Waals surface area contributed by atoms with Gasteiger partial charge in [0.15, 0.2) is 0 Å². The van der Waals surface area contributed by atoms with Crippen molar-refractivity contribution in [1.29, 1.82) is 0 Å². The molecule has 2 rings (SSSR count). The van der Waals surface area contributed by atoms with E-state index in [0.717, 1.165) is 32.4 Å². The molecule has 3 atom stereocenters. The average Bonchev–Trinajstić information content (AvgIpc) is 2.98. The van der Waals surface area contributed by atoms with Crippen molar-refractivity contribution < 1.29 is 17.9 Å². The lowest BCUT2D eigenvalue weighted by Crippen LogP contribution is -2.45. The zero-order valence-corrected chi connectivity index (χ0v) is 14.0. The molecule has 1 saturated carbocycles. The second kappa shape index (κ2) is 8.31. The van der Waals surface area contributed by atoms with Crippen LogP contribution in [0.3, 0.4) is 0 Å². The molecule has 0 spiro atoms. The van der Waals surface area contributed by atoms with Gasteiger partial charge in [-0.2, -0.15) is 0 Å². The molecule has 0 aromatic rings. The summed E-state index contributed by atoms with van der Waals surface area (Å²) in [5, 5.41) is 2.57. The van der Waals surface area contributed by atoms with Crippen molar-refractivity contribution in [2.45, 2.75) is 37.4 Å². The maximum Gasteiger partial charge on any atom is 0.310 e. The van der Waals surface area contributed by atoms with Gasteiger partial charge in [0.2, 0.25) is 10.0 Å². The van der Waals surface area contributed by atoms with E-state index in [0.29, 0.717) is 25.3 Å². The number of hydrogen-bond acceptors (Lipinski definition) is 5. The van der Waals surface area contributed by atoms with Crippen LogP contribution in [0.1, 0.15) is 32.1 Å². The smallest absolute Gasteiger partial charge is 0.310 e. The van der Waals surface area contributed by atoms with Gasteiger partial charge in [-0.3, -0.25) is 4.79 Å². The molecule has 3 unspecified atom stereocenters. The summed E-state index contributed by atoms with van der Waals surface area (Å²) in [6.45, 7) is 2.26. The van der Waals surface area contributed by atoms with Crippen LogP contribution in [0.25, 0.3) is 0 Å². The van der Waals surface area contributed by atoms with Gasteiger partial charge in [-0.25, -0.2) is 13.1 Å². The Morgan fingerprint density at radius 2 is 2.00 bits per heavy atom. The number of esters is 1. The number of rotatable bonds is 5. The first kappa shape index (κ1) is 18.7. The molecule has 124 valence electrons. The molecule has 0 aromatic heterocycles. The highest BCUT2D eigenvalue weighted by molar-refractivity contribution is 7.90. The van der Waals surface area contributed by atoms with Gasteiger partial charge >= 0.3 is 5.97 Å². The number of carbonyl (C=O) groups excluding carboxylic acids is 1. The maximum atomic E-state index is 12.4. The highest BCUT2D eigenvalue weighted by Crippen LogP contribution is 2.30. The molecule has 2 fully saturated rings. The Labute approximate surface area is 132 Å². The molecule has 8 heteroatoms. The summed E-state index contributed by atoms with van der Waals surface area (Å²) in [5.74, 6) is -0.569. The fourth-order valence-corrected chi connectivity index (χ4v) is 4.96. The monoisotopic (exact) mass is 340 g/mol. The van der Waals surface area contributed by atoms with Crippen molar-refractivity contribution in [3.8, 4) is 0 Å². The van der Waals surface area contributed by atoms with Crippen LogP contribution >= 0.6 is 12.4 Å². The third kappa shape index (κ3) is 4.81. The van der Waals surface area contributed by atoms with E-state index in [9.17, 15) is 13.2 Å². The standard InChI is InChI=1S/C13H24N2O4S.ClH/c1-19-13(16)11-4-2-3-5-12(11)20(17,18)15-9-10-6-7-14-8-10;/h10-12,14-15H,2-9H2,1H3;1H. The van der Waals surface area contributed by atoms with Crippen LogP contribution in [-0.4, -0.2) is 46.4 Å². The van der Waals surface area contributed by atoms with E-state index in [4.69, 9.17) is 4.74 Å². The molecule has 1 aliphatic heterocycles. The number of halogens is 1. The SMILES string of the molecule is COC(=O)C1CCCCC1S(=O)(=O)NCC1CCNC1.Cl. The minimum absolute atomic E-state index is 0. The minimum Gasteiger partial charge on any atom is -0.469 e. The summed E-state index contributed by atoms with van der Waals surface area (Å²) in [6.07, 6.45) is 3.87. The fourth-order valence-electron chi connectivity index (χ4n) is 3.12. The van der Waals surface area contributed by atoms with Crippen molar-refractivity contribution in [2.75, 3.05) is 26.7 Å². The summed E-state index contributed by atoms with van der Waals surface area (Å²) < 4.78 is 32.3. The van der Waals surface area contributed by atoms with Crippen LogP contribution in [0.2, 0.25) is 0 Å². The van der Waals surface area contributed by atoms with Crippen LogP contribution in [0, 0.1) is 11.8 Å². The third-order valence-corrected chi connectivity index (χ3v) is 6.27. The van der Waals surface area contributed by atoms with Gasteiger partial charge in [0, 0.05) is 6.54 Å². The molecular weight excluding hydrogens is 316 g/mol. The molecule has 1 aliphatic carbocycles. The number of carbonyl (C=O) groups is 1. The molecule has 0 amide bonds. The molecule has 1 heterocycles. The summed E-state index contributed by atoms with van der Waals surface area (Å²) in [6, 6.07) is 0. The fraction of sp³-hybridized carbons (Fsp3) is 0.923. The van der Waals surface area contributed by atoms with Gasteiger partial charge in [-0.15, -0.1) is 12.4 Å². The Morgan fingerprint density at radius 3 is 2.62 bits per heavy atom. The predicted octanol–water partition coefficient (Wildman–Crippen LogP) is 0.669. The molecule has 2 aliphatic rings. The van der Waals surface area contributed by atoms with E-state index in [1.807, 2.05) is 0 Å². The average molecular weight is 341 g/mol. The Morgan fingerprint density at radius 1 is 1.29 bits per heavy atom. The zero-order valence-electron chi connectivity index (χ0n) is 12.3. The number of ether oxygens (including phenoxy) is 1. The van der Waals surface area contributed by atoms with Crippen LogP contribution in [0.15, 0.2) is 0 Å². The Kier molecular flexibility index (Phi) is 7.39. The van der Waals surface area contributed by atoms with Crippen LogP contribution in [0.5, 0.6) is 0 Å². The molecule has 2 N–H and O–H groups in total. The van der Waals surface area contributed by atoms with Gasteiger partial charge in [-0.05, 0) is 38.3 Å². The summed E-state index contributed by atoms with van der Waals surface area (Å²) in [4.78, 5) is 11.8. The predicted molar refractivity (Wildman–Crippen MR) is 82.9 cm³/mol. The largest absolute Gasteiger partial charge is 0.469 e. The van der Waals surface area contributed by atoms with Gasteiger partial charge in [0.25, 0.3) is 0 Å². The first-order valence-corrected chi connectivity index (χ1v) is 8.86. The van der Waals surface area contributed by atoms with Crippen molar-refractivity contribution in [1.82, 2.24) is 10.0 Å². The second-order valence-electron chi connectivity index (χ2n) is 5.70. The summed E-state index contributed by atoms with van der Waals surface area (Å²) in [7, 11) is -2.14. The van der Waals surface area contributed by atoms with E-state index in [-0.39, 0.29) is 12.4 Å². The molecular formula is C13H25ClN2O4S. The number of methoxy groups -OCH3 is 1. The number of hydrogen-bond donors (Lipinski definition) is 2. The number of nitrogens with one attached hydrogen (secondary N) is 2. The van der Waals surface area contributed by atoms with Crippen molar-refractivity contribution in [3.63, 3.8) is 0 Å². The first-order chi connectivity index (χ1) is 9.54. The molecule has 0 aromatic carbocycles. The summed E-state index contributed by atoms with van der Waals surface area (Å²) >= 11 is 0. The van der Waals surface area contributed by atoms with Crippen LogP contribution in [-0.2, 0) is 19.6 Å². The van der Waals surface area contributed by atoms with E-state index in [2.05, 4.69) is 10.0 Å². The molecule has 1 saturated heterocycles. The van der Waals surface area contributed by atoms with Crippen molar-refractivity contribution >= 4 is 28.4 Å². The van der Waals surface area contributed by atoms with Crippen LogP contribution in [0.4, 0.5) is 0 Å². The highest BCUT2D eigenvalue weighted by Gasteiger charge is 2.40. The quantitative estimate of drug-likeness (QED) is 0.719. The maximum absolute atomic E-state index is 12.4. The van der Waals surface area contributed by atoms with Gasteiger partial charge in [-0.1, -0.05) is 12.8 Å².